The second-order valence-electron chi connectivity index (χ2n) is 7.66. The molecule has 0 aliphatic heterocycles. The summed E-state index contributed by atoms with van der Waals surface area (Å²) in [5.41, 5.74) is 4.83. The van der Waals surface area contributed by atoms with Gasteiger partial charge >= 0.3 is 0 Å². The van der Waals surface area contributed by atoms with Crippen LogP contribution in [0.4, 0.5) is 5.69 Å². The Morgan fingerprint density at radius 1 is 1.06 bits per heavy atom. The summed E-state index contributed by atoms with van der Waals surface area (Å²) in [6.45, 7) is 4.49. The van der Waals surface area contributed by atoms with Crippen LogP contribution in [0.5, 0.6) is 5.75 Å². The summed E-state index contributed by atoms with van der Waals surface area (Å²) in [7, 11) is 0. The fourth-order valence-electron chi connectivity index (χ4n) is 3.45. The highest BCUT2D eigenvalue weighted by atomic mass is 16.5. The molecule has 6 nitrogen and oxygen atoms in total. The molecule has 1 heterocycles. The number of nitriles is 1. The molecule has 0 atom stereocenters. The Balaban J connectivity index is 1.68. The Bertz CT molecular complexity index is 1350. The number of rotatable bonds is 7. The van der Waals surface area contributed by atoms with Gasteiger partial charge in [-0.3, -0.25) is 4.79 Å². The monoisotopic (exact) mass is 448 g/mol. The number of nitrogens with zero attached hydrogens (tertiary/aromatic N) is 3. The van der Waals surface area contributed by atoms with Crippen LogP contribution in [0, 0.1) is 18.3 Å². The van der Waals surface area contributed by atoms with Crippen molar-refractivity contribution in [2.75, 3.05) is 11.9 Å². The fourth-order valence-corrected chi connectivity index (χ4v) is 3.45. The normalized spacial score (nSPS) is 11.0. The van der Waals surface area contributed by atoms with Crippen LogP contribution in [0.25, 0.3) is 23.0 Å². The van der Waals surface area contributed by atoms with Crippen LogP contribution in [0.15, 0.2) is 90.6 Å². The van der Waals surface area contributed by atoms with Gasteiger partial charge in [-0.2, -0.15) is 10.4 Å². The molecule has 0 unspecified atom stereocenters. The summed E-state index contributed by atoms with van der Waals surface area (Å²) in [5, 5.41) is 17.3. The van der Waals surface area contributed by atoms with Gasteiger partial charge < -0.3 is 10.1 Å². The van der Waals surface area contributed by atoms with Crippen molar-refractivity contribution in [1.82, 2.24) is 9.78 Å². The minimum atomic E-state index is -0.492. The molecule has 168 valence electrons. The first-order valence-corrected chi connectivity index (χ1v) is 11.0. The highest BCUT2D eigenvalue weighted by molar-refractivity contribution is 6.10. The molecule has 0 aliphatic carbocycles. The average Bonchev–Trinajstić information content (AvgIpc) is 3.29. The summed E-state index contributed by atoms with van der Waals surface area (Å²) in [5.74, 6) is 0.224. The van der Waals surface area contributed by atoms with Gasteiger partial charge in [-0.25, -0.2) is 4.68 Å². The number of para-hydroxylation sites is 1. The van der Waals surface area contributed by atoms with Crippen LogP contribution < -0.4 is 10.1 Å². The molecule has 0 bridgehead atoms. The molecule has 0 saturated heterocycles. The Morgan fingerprint density at radius 2 is 1.76 bits per heavy atom. The molecule has 4 aromatic rings. The van der Waals surface area contributed by atoms with E-state index >= 15 is 0 Å². The van der Waals surface area contributed by atoms with Gasteiger partial charge in [0.15, 0.2) is 0 Å². The number of carbonyl (C=O) groups excluding carboxylic acids is 1. The molecule has 0 aliphatic rings. The zero-order valence-corrected chi connectivity index (χ0v) is 19.0. The zero-order chi connectivity index (χ0) is 23.9. The molecule has 0 fully saturated rings. The number of hydrogen-bond acceptors (Lipinski definition) is 4. The topological polar surface area (TPSA) is 79.9 Å². The number of benzene rings is 3. The molecule has 1 N–H and O–H groups in total. The molecule has 0 saturated carbocycles. The van der Waals surface area contributed by atoms with Crippen molar-refractivity contribution in [2.45, 2.75) is 13.8 Å². The standard InChI is InChI=1S/C28H24N4O2/c1-3-34-26-15-13-24(14-16-26)30-28(33)22(18-29)17-23-19-32(25-7-5-4-6-8-25)31-27(23)21-11-9-20(2)10-12-21/h4-17,19H,3H2,1-2H3,(H,30,33)/b22-17+. The van der Waals surface area contributed by atoms with E-state index < -0.39 is 5.91 Å². The summed E-state index contributed by atoms with van der Waals surface area (Å²) in [6, 6.07) is 26.7. The molecule has 4 rings (SSSR count). The quantitative estimate of drug-likeness (QED) is 0.287. The van der Waals surface area contributed by atoms with Gasteiger partial charge in [-0.15, -0.1) is 0 Å². The van der Waals surface area contributed by atoms with Crippen LogP contribution in [0.1, 0.15) is 18.1 Å². The van der Waals surface area contributed by atoms with Crippen LogP contribution in [-0.2, 0) is 4.79 Å². The average molecular weight is 449 g/mol. The Morgan fingerprint density at radius 3 is 2.41 bits per heavy atom. The van der Waals surface area contributed by atoms with Crippen LogP contribution >= 0.6 is 0 Å². The first-order chi connectivity index (χ1) is 16.6. The molecular formula is C28H24N4O2. The van der Waals surface area contributed by atoms with Crippen molar-refractivity contribution in [2.24, 2.45) is 0 Å². The SMILES string of the molecule is CCOc1ccc(NC(=O)/C(C#N)=C/c2cn(-c3ccccc3)nc2-c2ccc(C)cc2)cc1. The van der Waals surface area contributed by atoms with Gasteiger partial charge in [0.2, 0.25) is 0 Å². The first-order valence-electron chi connectivity index (χ1n) is 11.0. The molecule has 1 aromatic heterocycles. The number of amides is 1. The van der Waals surface area contributed by atoms with Crippen molar-refractivity contribution in [3.8, 4) is 28.8 Å². The molecule has 1 amide bonds. The highest BCUT2D eigenvalue weighted by Gasteiger charge is 2.15. The third-order valence-electron chi connectivity index (χ3n) is 5.18. The lowest BCUT2D eigenvalue weighted by Crippen LogP contribution is -2.13. The number of aromatic nitrogens is 2. The van der Waals surface area contributed by atoms with Crippen LogP contribution in [0.2, 0.25) is 0 Å². The number of nitrogens with one attached hydrogen (secondary N) is 1. The van der Waals surface area contributed by atoms with Crippen LogP contribution in [-0.4, -0.2) is 22.3 Å². The maximum absolute atomic E-state index is 12.9. The zero-order valence-electron chi connectivity index (χ0n) is 19.0. The van der Waals surface area contributed by atoms with Gasteiger partial charge in [-0.05, 0) is 56.3 Å². The minimum Gasteiger partial charge on any atom is -0.494 e. The third-order valence-corrected chi connectivity index (χ3v) is 5.18. The van der Waals surface area contributed by atoms with Crippen molar-refractivity contribution in [1.29, 1.82) is 5.26 Å². The van der Waals surface area contributed by atoms with Gasteiger partial charge in [0.05, 0.1) is 18.0 Å². The molecule has 34 heavy (non-hydrogen) atoms. The predicted molar refractivity (Wildman–Crippen MR) is 134 cm³/mol. The number of aryl methyl sites for hydroxylation is 1. The van der Waals surface area contributed by atoms with Crippen molar-refractivity contribution >= 4 is 17.7 Å². The van der Waals surface area contributed by atoms with Crippen molar-refractivity contribution in [3.63, 3.8) is 0 Å². The molecule has 3 aromatic carbocycles. The summed E-state index contributed by atoms with van der Waals surface area (Å²) in [6.07, 6.45) is 3.40. The van der Waals surface area contributed by atoms with Gasteiger partial charge in [0.25, 0.3) is 5.91 Å². The Labute approximate surface area is 198 Å². The lowest BCUT2D eigenvalue weighted by atomic mass is 10.0. The fraction of sp³-hybridized carbons (Fsp3) is 0.107. The third kappa shape index (κ3) is 5.22. The summed E-state index contributed by atoms with van der Waals surface area (Å²) < 4.78 is 7.18. The Hall–Kier alpha value is -4.63. The minimum absolute atomic E-state index is 0.0186. The largest absolute Gasteiger partial charge is 0.494 e. The molecule has 6 heteroatoms. The van der Waals surface area contributed by atoms with Crippen molar-refractivity contribution in [3.05, 3.63) is 102 Å². The van der Waals surface area contributed by atoms with E-state index in [0.29, 0.717) is 29.3 Å². The van der Waals surface area contributed by atoms with Gasteiger partial charge in [0.1, 0.15) is 17.4 Å². The van der Waals surface area contributed by atoms with Crippen LogP contribution in [0.3, 0.4) is 0 Å². The molecule has 0 radical (unpaired) electrons. The lowest BCUT2D eigenvalue weighted by Gasteiger charge is -2.06. The predicted octanol–water partition coefficient (Wildman–Crippen LogP) is 5.79. The number of carbonyl (C=O) groups is 1. The van der Waals surface area contributed by atoms with Crippen molar-refractivity contribution < 1.29 is 9.53 Å². The number of anilines is 1. The molecular weight excluding hydrogens is 424 g/mol. The van der Waals surface area contributed by atoms with E-state index in [4.69, 9.17) is 9.84 Å². The highest BCUT2D eigenvalue weighted by Crippen LogP contribution is 2.26. The lowest BCUT2D eigenvalue weighted by molar-refractivity contribution is -0.112. The molecule has 0 spiro atoms. The van der Waals surface area contributed by atoms with E-state index in [-0.39, 0.29) is 5.57 Å². The maximum Gasteiger partial charge on any atom is 0.266 e. The van der Waals surface area contributed by atoms with E-state index in [9.17, 15) is 10.1 Å². The van der Waals surface area contributed by atoms with Gasteiger partial charge in [0, 0.05) is 23.0 Å². The summed E-state index contributed by atoms with van der Waals surface area (Å²) in [4.78, 5) is 12.9. The van der Waals surface area contributed by atoms with E-state index in [1.54, 1.807) is 35.0 Å². The number of ether oxygens (including phenoxy) is 1. The van der Waals surface area contributed by atoms with Gasteiger partial charge in [-0.1, -0.05) is 48.0 Å². The smallest absolute Gasteiger partial charge is 0.266 e. The van der Waals surface area contributed by atoms with E-state index in [2.05, 4.69) is 5.32 Å². The number of hydrogen-bond donors (Lipinski definition) is 1. The summed E-state index contributed by atoms with van der Waals surface area (Å²) >= 11 is 0. The van der Waals surface area contributed by atoms with E-state index in [1.807, 2.05) is 80.7 Å². The maximum atomic E-state index is 12.9. The van der Waals surface area contributed by atoms with E-state index in [1.165, 1.54) is 0 Å². The first kappa shape index (κ1) is 22.6. The second-order valence-corrected chi connectivity index (χ2v) is 7.66. The Kier molecular flexibility index (Phi) is 6.85. The second kappa shape index (κ2) is 10.3. The van der Waals surface area contributed by atoms with E-state index in [0.717, 1.165) is 16.8 Å².